The molecule has 0 aromatic carbocycles. The molecule has 0 nitrogen and oxygen atoms in total. The standard InChI is InChI=1S/C14H26/c1-5-6-7-8-9-13-11-10-12(2)14(13,3)4/h10,13H,5-9,11H2,1-4H3. The van der Waals surface area contributed by atoms with E-state index in [1.54, 1.807) is 5.57 Å². The van der Waals surface area contributed by atoms with Gasteiger partial charge >= 0.3 is 0 Å². The molecule has 0 amide bonds. The van der Waals surface area contributed by atoms with Crippen molar-refractivity contribution in [2.75, 3.05) is 0 Å². The van der Waals surface area contributed by atoms with E-state index in [1.807, 2.05) is 0 Å². The van der Waals surface area contributed by atoms with Crippen LogP contribution in [0, 0.1) is 11.3 Å². The second-order valence-corrected chi connectivity index (χ2v) is 5.39. The fourth-order valence-electron chi connectivity index (χ4n) is 2.49. The fraction of sp³-hybridized carbons (Fsp3) is 0.857. The molecule has 0 radical (unpaired) electrons. The Balaban J connectivity index is 2.27. The van der Waals surface area contributed by atoms with Gasteiger partial charge in [0.2, 0.25) is 0 Å². The number of hydrogen-bond donors (Lipinski definition) is 0. The van der Waals surface area contributed by atoms with Crippen LogP contribution in [0.15, 0.2) is 11.6 Å². The molecule has 0 bridgehead atoms. The average Bonchev–Trinajstić information content (AvgIpc) is 2.38. The normalized spacial score (nSPS) is 25.1. The van der Waals surface area contributed by atoms with Crippen LogP contribution in [0.4, 0.5) is 0 Å². The summed E-state index contributed by atoms with van der Waals surface area (Å²) in [6, 6.07) is 0. The van der Waals surface area contributed by atoms with E-state index in [2.05, 4.69) is 33.8 Å². The Labute approximate surface area is 89.8 Å². The summed E-state index contributed by atoms with van der Waals surface area (Å²) in [5.41, 5.74) is 2.09. The molecule has 0 N–H and O–H groups in total. The van der Waals surface area contributed by atoms with Crippen LogP contribution in [-0.2, 0) is 0 Å². The van der Waals surface area contributed by atoms with Gasteiger partial charge in [0, 0.05) is 0 Å². The van der Waals surface area contributed by atoms with Crippen molar-refractivity contribution < 1.29 is 0 Å². The maximum Gasteiger partial charge on any atom is -0.0116 e. The minimum absolute atomic E-state index is 0.478. The maximum absolute atomic E-state index is 2.45. The van der Waals surface area contributed by atoms with Crippen molar-refractivity contribution in [2.45, 2.75) is 66.2 Å². The Morgan fingerprint density at radius 2 is 2.00 bits per heavy atom. The quantitative estimate of drug-likeness (QED) is 0.429. The van der Waals surface area contributed by atoms with E-state index in [0.717, 1.165) is 5.92 Å². The highest BCUT2D eigenvalue weighted by Gasteiger charge is 2.33. The number of allylic oxidation sites excluding steroid dienone is 2. The summed E-state index contributed by atoms with van der Waals surface area (Å²) in [6.07, 6.45) is 10.8. The van der Waals surface area contributed by atoms with Crippen molar-refractivity contribution in [3.8, 4) is 0 Å². The first-order chi connectivity index (χ1) is 6.59. The molecule has 0 aromatic rings. The van der Waals surface area contributed by atoms with Crippen LogP contribution in [0.2, 0.25) is 0 Å². The fourth-order valence-corrected chi connectivity index (χ4v) is 2.49. The minimum atomic E-state index is 0.478. The van der Waals surface area contributed by atoms with Gasteiger partial charge in [-0.3, -0.25) is 0 Å². The van der Waals surface area contributed by atoms with Gasteiger partial charge in [0.25, 0.3) is 0 Å². The smallest absolute Gasteiger partial charge is 0.0116 e. The number of rotatable bonds is 5. The van der Waals surface area contributed by atoms with Crippen molar-refractivity contribution in [1.82, 2.24) is 0 Å². The summed E-state index contributed by atoms with van der Waals surface area (Å²) in [5.74, 6) is 0.916. The third-order valence-electron chi connectivity index (χ3n) is 4.15. The van der Waals surface area contributed by atoms with E-state index in [4.69, 9.17) is 0 Å². The Morgan fingerprint density at radius 1 is 1.29 bits per heavy atom. The molecule has 0 fully saturated rings. The van der Waals surface area contributed by atoms with Crippen LogP contribution in [0.1, 0.15) is 66.2 Å². The van der Waals surface area contributed by atoms with Crippen molar-refractivity contribution in [3.63, 3.8) is 0 Å². The first-order valence-corrected chi connectivity index (χ1v) is 6.26. The predicted octanol–water partition coefficient (Wildman–Crippen LogP) is 4.95. The third kappa shape index (κ3) is 2.62. The summed E-state index contributed by atoms with van der Waals surface area (Å²) < 4.78 is 0. The number of hydrogen-bond acceptors (Lipinski definition) is 0. The second-order valence-electron chi connectivity index (χ2n) is 5.39. The summed E-state index contributed by atoms with van der Waals surface area (Å²) in [6.45, 7) is 9.41. The van der Waals surface area contributed by atoms with Gasteiger partial charge in [-0.1, -0.05) is 58.1 Å². The molecule has 0 heteroatoms. The van der Waals surface area contributed by atoms with Gasteiger partial charge in [0.15, 0.2) is 0 Å². The highest BCUT2D eigenvalue weighted by atomic mass is 14.4. The Morgan fingerprint density at radius 3 is 2.50 bits per heavy atom. The van der Waals surface area contributed by atoms with Gasteiger partial charge in [-0.25, -0.2) is 0 Å². The highest BCUT2D eigenvalue weighted by Crippen LogP contribution is 2.45. The van der Waals surface area contributed by atoms with E-state index < -0.39 is 0 Å². The molecule has 1 aliphatic rings. The molecule has 0 saturated heterocycles. The molecule has 1 unspecified atom stereocenters. The van der Waals surface area contributed by atoms with Crippen LogP contribution < -0.4 is 0 Å². The lowest BCUT2D eigenvalue weighted by Crippen LogP contribution is -2.20. The molecule has 0 heterocycles. The predicted molar refractivity (Wildman–Crippen MR) is 64.4 cm³/mol. The lowest BCUT2D eigenvalue weighted by molar-refractivity contribution is 0.267. The Bertz CT molecular complexity index is 198. The average molecular weight is 194 g/mol. The monoisotopic (exact) mass is 194 g/mol. The lowest BCUT2D eigenvalue weighted by Gasteiger charge is -2.29. The summed E-state index contributed by atoms with van der Waals surface area (Å²) in [5, 5.41) is 0. The van der Waals surface area contributed by atoms with Crippen LogP contribution >= 0.6 is 0 Å². The molecular formula is C14H26. The summed E-state index contributed by atoms with van der Waals surface area (Å²) in [4.78, 5) is 0. The molecule has 0 aliphatic heterocycles. The summed E-state index contributed by atoms with van der Waals surface area (Å²) >= 11 is 0. The molecular weight excluding hydrogens is 168 g/mol. The molecule has 1 atom stereocenters. The minimum Gasteiger partial charge on any atom is -0.0848 e. The Hall–Kier alpha value is -0.260. The molecule has 14 heavy (non-hydrogen) atoms. The molecule has 0 spiro atoms. The van der Waals surface area contributed by atoms with Crippen LogP contribution in [0.3, 0.4) is 0 Å². The van der Waals surface area contributed by atoms with Gasteiger partial charge < -0.3 is 0 Å². The molecule has 0 aromatic heterocycles. The molecule has 1 aliphatic carbocycles. The van der Waals surface area contributed by atoms with Gasteiger partial charge in [0.1, 0.15) is 0 Å². The van der Waals surface area contributed by atoms with Gasteiger partial charge in [-0.15, -0.1) is 0 Å². The van der Waals surface area contributed by atoms with E-state index >= 15 is 0 Å². The van der Waals surface area contributed by atoms with E-state index in [-0.39, 0.29) is 0 Å². The SMILES string of the molecule is CCCCCCC1CC=C(C)C1(C)C. The van der Waals surface area contributed by atoms with Crippen molar-refractivity contribution in [3.05, 3.63) is 11.6 Å². The van der Waals surface area contributed by atoms with Gasteiger partial charge in [-0.05, 0) is 31.1 Å². The van der Waals surface area contributed by atoms with E-state index in [0.29, 0.717) is 5.41 Å². The molecule has 82 valence electrons. The van der Waals surface area contributed by atoms with E-state index in [1.165, 1.54) is 38.5 Å². The molecule has 0 saturated carbocycles. The highest BCUT2D eigenvalue weighted by molar-refractivity contribution is 5.17. The van der Waals surface area contributed by atoms with Gasteiger partial charge in [0.05, 0.1) is 0 Å². The van der Waals surface area contributed by atoms with E-state index in [9.17, 15) is 0 Å². The topological polar surface area (TPSA) is 0 Å². The zero-order valence-corrected chi connectivity index (χ0v) is 10.4. The largest absolute Gasteiger partial charge is 0.0848 e. The zero-order chi connectivity index (χ0) is 10.6. The van der Waals surface area contributed by atoms with Crippen LogP contribution in [-0.4, -0.2) is 0 Å². The van der Waals surface area contributed by atoms with Crippen LogP contribution in [0.5, 0.6) is 0 Å². The lowest BCUT2D eigenvalue weighted by atomic mass is 9.75. The van der Waals surface area contributed by atoms with Crippen LogP contribution in [0.25, 0.3) is 0 Å². The number of unbranched alkanes of at least 4 members (excludes halogenated alkanes) is 3. The first-order valence-electron chi connectivity index (χ1n) is 6.26. The third-order valence-corrected chi connectivity index (χ3v) is 4.15. The van der Waals surface area contributed by atoms with Crippen molar-refractivity contribution in [1.29, 1.82) is 0 Å². The first kappa shape index (κ1) is 11.8. The molecule has 1 rings (SSSR count). The maximum atomic E-state index is 2.45. The van der Waals surface area contributed by atoms with Crippen molar-refractivity contribution in [2.24, 2.45) is 11.3 Å². The zero-order valence-electron chi connectivity index (χ0n) is 10.4. The van der Waals surface area contributed by atoms with Crippen molar-refractivity contribution >= 4 is 0 Å². The second kappa shape index (κ2) is 5.00. The van der Waals surface area contributed by atoms with Gasteiger partial charge in [-0.2, -0.15) is 0 Å². The summed E-state index contributed by atoms with van der Waals surface area (Å²) in [7, 11) is 0. The Kier molecular flexibility index (Phi) is 4.22.